The molecule has 2 fully saturated rings. The lowest BCUT2D eigenvalue weighted by Gasteiger charge is -2.32. The number of benzene rings is 3. The lowest BCUT2D eigenvalue weighted by molar-refractivity contribution is -0.124. The lowest BCUT2D eigenvalue weighted by atomic mass is 9.98. The molecule has 0 aliphatic carbocycles. The summed E-state index contributed by atoms with van der Waals surface area (Å²) >= 11 is 12.5. The molecule has 6 rings (SSSR count). The summed E-state index contributed by atoms with van der Waals surface area (Å²) in [7, 11) is 0. The van der Waals surface area contributed by atoms with Crippen LogP contribution in [0.1, 0.15) is 47.8 Å². The Morgan fingerprint density at radius 3 is 2.38 bits per heavy atom. The van der Waals surface area contributed by atoms with Gasteiger partial charge in [0.05, 0.1) is 46.5 Å². The molecule has 0 radical (unpaired) electrons. The third-order valence-electron chi connectivity index (χ3n) is 8.61. The highest BCUT2D eigenvalue weighted by atomic mass is 35.5. The lowest BCUT2D eigenvalue weighted by Crippen LogP contribution is -2.45. The van der Waals surface area contributed by atoms with Crippen molar-refractivity contribution in [2.45, 2.75) is 31.8 Å². The molecule has 0 spiro atoms. The molecule has 2 atom stereocenters. The number of morpholine rings is 1. The fraction of sp³-hybridized carbons (Fsp3) is 0.353. The molecule has 2 unspecified atom stereocenters. The molecular weight excluding hydrogens is 613 g/mol. The maximum Gasteiger partial charge on any atom is 0.270 e. The number of aromatic nitrogens is 2. The van der Waals surface area contributed by atoms with Gasteiger partial charge in [-0.3, -0.25) is 23.9 Å². The van der Waals surface area contributed by atoms with E-state index in [1.54, 1.807) is 19.1 Å². The second-order valence-electron chi connectivity index (χ2n) is 11.6. The van der Waals surface area contributed by atoms with Gasteiger partial charge in [-0.2, -0.15) is 0 Å². The monoisotopic (exact) mass is 647 g/mol. The van der Waals surface area contributed by atoms with E-state index in [-0.39, 0.29) is 22.9 Å². The molecule has 2 aliphatic heterocycles. The van der Waals surface area contributed by atoms with Gasteiger partial charge in [0, 0.05) is 38.3 Å². The second kappa shape index (κ2) is 13.7. The zero-order chi connectivity index (χ0) is 31.5. The Balaban J connectivity index is 1.26. The Kier molecular flexibility index (Phi) is 9.51. The van der Waals surface area contributed by atoms with Crippen molar-refractivity contribution in [3.8, 4) is 11.1 Å². The number of carbonyl (C=O) groups is 2. The summed E-state index contributed by atoms with van der Waals surface area (Å²) < 4.78 is 6.93. The van der Waals surface area contributed by atoms with Crippen molar-refractivity contribution in [2.24, 2.45) is 0 Å². The Bertz CT molecular complexity index is 1770. The summed E-state index contributed by atoms with van der Waals surface area (Å²) in [5.74, 6) is -0.244. The van der Waals surface area contributed by atoms with Gasteiger partial charge in [-0.05, 0) is 60.7 Å². The van der Waals surface area contributed by atoms with Crippen LogP contribution in [0, 0.1) is 0 Å². The molecule has 2 amide bonds. The second-order valence-corrected chi connectivity index (χ2v) is 12.4. The van der Waals surface area contributed by atoms with Gasteiger partial charge in [-0.1, -0.05) is 59.6 Å². The van der Waals surface area contributed by atoms with E-state index < -0.39 is 11.6 Å². The maximum absolute atomic E-state index is 13.8. The van der Waals surface area contributed by atoms with Crippen LogP contribution in [0.3, 0.4) is 0 Å². The molecule has 4 aromatic rings. The summed E-state index contributed by atoms with van der Waals surface area (Å²) in [5, 5.41) is 3.79. The molecule has 234 valence electrons. The van der Waals surface area contributed by atoms with E-state index in [0.29, 0.717) is 41.4 Å². The van der Waals surface area contributed by atoms with Crippen LogP contribution >= 0.6 is 23.2 Å². The van der Waals surface area contributed by atoms with Gasteiger partial charge < -0.3 is 15.0 Å². The predicted molar refractivity (Wildman–Crippen MR) is 176 cm³/mol. The number of carbonyl (C=O) groups excluding carboxylic acids is 2. The van der Waals surface area contributed by atoms with Gasteiger partial charge in [-0.25, -0.2) is 4.98 Å². The number of amides is 2. The van der Waals surface area contributed by atoms with Gasteiger partial charge in [-0.15, -0.1) is 0 Å². The van der Waals surface area contributed by atoms with E-state index in [2.05, 4.69) is 15.2 Å². The summed E-state index contributed by atoms with van der Waals surface area (Å²) in [6.45, 7) is 6.64. The number of nitrogens with one attached hydrogen (secondary N) is 1. The van der Waals surface area contributed by atoms with E-state index >= 15 is 0 Å². The normalized spacial score (nSPS) is 16.9. The number of likely N-dealkylation sites (tertiary alicyclic amines) is 1. The summed E-state index contributed by atoms with van der Waals surface area (Å²) in [5.41, 5.74) is 4.03. The number of nitrogens with zero attached hydrogens (tertiary/aromatic N) is 4. The minimum absolute atomic E-state index is 0.0693. The average Bonchev–Trinajstić information content (AvgIpc) is 3.61. The highest BCUT2D eigenvalue weighted by Crippen LogP contribution is 2.28. The Hall–Kier alpha value is -3.76. The van der Waals surface area contributed by atoms with Gasteiger partial charge in [0.15, 0.2) is 0 Å². The molecule has 2 aliphatic rings. The van der Waals surface area contributed by atoms with E-state index in [1.165, 1.54) is 10.8 Å². The molecule has 45 heavy (non-hydrogen) atoms. The first-order valence-corrected chi connectivity index (χ1v) is 16.0. The highest BCUT2D eigenvalue weighted by molar-refractivity contribution is 6.42. The van der Waals surface area contributed by atoms with Crippen LogP contribution in [-0.4, -0.2) is 77.1 Å². The standard InChI is InChI=1S/C34H35Cl2N5O4/c1-22(41-31-19-28(36)27(35)18-29(31)37-20-32(41)42)33(43)38-30(21-39-13-15-45-16-14-39)24-9-7-23(8-10-24)25-5-4-6-26(17-25)34(44)40-11-2-3-12-40/h4-10,17-20,22,30H,2-3,11-16,21H2,1H3,(H,38,43). The Morgan fingerprint density at radius 1 is 0.933 bits per heavy atom. The average molecular weight is 649 g/mol. The van der Waals surface area contributed by atoms with Crippen molar-refractivity contribution in [2.75, 3.05) is 45.9 Å². The van der Waals surface area contributed by atoms with Crippen molar-refractivity contribution in [3.05, 3.63) is 98.4 Å². The molecule has 3 heterocycles. The van der Waals surface area contributed by atoms with Crippen LogP contribution in [0.5, 0.6) is 0 Å². The number of hydrogen-bond acceptors (Lipinski definition) is 6. The molecular formula is C34H35Cl2N5O4. The van der Waals surface area contributed by atoms with E-state index in [1.807, 2.05) is 53.4 Å². The van der Waals surface area contributed by atoms with Crippen molar-refractivity contribution < 1.29 is 14.3 Å². The molecule has 2 saturated heterocycles. The third kappa shape index (κ3) is 6.92. The molecule has 9 nitrogen and oxygen atoms in total. The van der Waals surface area contributed by atoms with E-state index in [0.717, 1.165) is 55.7 Å². The van der Waals surface area contributed by atoms with Crippen LogP contribution in [0.15, 0.2) is 71.7 Å². The van der Waals surface area contributed by atoms with Crippen LogP contribution in [-0.2, 0) is 9.53 Å². The molecule has 0 bridgehead atoms. The summed E-state index contributed by atoms with van der Waals surface area (Å²) in [4.78, 5) is 48.1. The highest BCUT2D eigenvalue weighted by Gasteiger charge is 2.26. The first kappa shape index (κ1) is 31.2. The Morgan fingerprint density at radius 2 is 1.64 bits per heavy atom. The topological polar surface area (TPSA) is 96.8 Å². The van der Waals surface area contributed by atoms with Crippen LogP contribution in [0.4, 0.5) is 0 Å². The molecule has 3 aromatic carbocycles. The van der Waals surface area contributed by atoms with Crippen molar-refractivity contribution in [1.29, 1.82) is 0 Å². The zero-order valence-corrected chi connectivity index (χ0v) is 26.6. The van der Waals surface area contributed by atoms with Gasteiger partial charge >= 0.3 is 0 Å². The van der Waals surface area contributed by atoms with E-state index in [4.69, 9.17) is 27.9 Å². The zero-order valence-electron chi connectivity index (χ0n) is 25.0. The fourth-order valence-corrected chi connectivity index (χ4v) is 6.37. The quantitative estimate of drug-likeness (QED) is 0.277. The number of rotatable bonds is 8. The Labute approximate surface area is 271 Å². The molecule has 0 saturated carbocycles. The predicted octanol–water partition coefficient (Wildman–Crippen LogP) is 5.36. The number of fused-ring (bicyclic) bond motifs is 1. The molecule has 1 aromatic heterocycles. The number of hydrogen-bond donors (Lipinski definition) is 1. The van der Waals surface area contributed by atoms with Crippen molar-refractivity contribution in [1.82, 2.24) is 24.7 Å². The third-order valence-corrected chi connectivity index (χ3v) is 9.33. The smallest absolute Gasteiger partial charge is 0.270 e. The van der Waals surface area contributed by atoms with Crippen molar-refractivity contribution in [3.63, 3.8) is 0 Å². The SMILES string of the molecule is CC(C(=O)NC(CN1CCOCC1)c1ccc(-c2cccc(C(=O)N3CCCC3)c2)cc1)n1c(=O)cnc2cc(Cl)c(Cl)cc21. The molecule has 1 N–H and O–H groups in total. The number of ether oxygens (including phenoxy) is 1. The fourth-order valence-electron chi connectivity index (χ4n) is 6.06. The van der Waals surface area contributed by atoms with Gasteiger partial charge in [0.2, 0.25) is 5.91 Å². The first-order chi connectivity index (χ1) is 21.8. The van der Waals surface area contributed by atoms with Crippen LogP contribution in [0.25, 0.3) is 22.2 Å². The van der Waals surface area contributed by atoms with Crippen molar-refractivity contribution >= 4 is 46.0 Å². The first-order valence-electron chi connectivity index (χ1n) is 15.2. The van der Waals surface area contributed by atoms with Gasteiger partial charge in [0.1, 0.15) is 6.04 Å². The van der Waals surface area contributed by atoms with Gasteiger partial charge in [0.25, 0.3) is 11.5 Å². The minimum Gasteiger partial charge on any atom is -0.379 e. The summed E-state index contributed by atoms with van der Waals surface area (Å²) in [6.07, 6.45) is 3.29. The molecule has 11 heteroatoms. The summed E-state index contributed by atoms with van der Waals surface area (Å²) in [6, 6.07) is 17.7. The van der Waals surface area contributed by atoms with Crippen LogP contribution < -0.4 is 10.9 Å². The largest absolute Gasteiger partial charge is 0.379 e. The number of halogens is 2. The minimum atomic E-state index is -0.845. The van der Waals surface area contributed by atoms with E-state index in [9.17, 15) is 14.4 Å². The van der Waals surface area contributed by atoms with Crippen LogP contribution in [0.2, 0.25) is 10.0 Å². The maximum atomic E-state index is 13.8.